The monoisotopic (exact) mass is 265 g/mol. The lowest BCUT2D eigenvalue weighted by Gasteiger charge is -2.16. The van der Waals surface area contributed by atoms with Gasteiger partial charge in [-0.1, -0.05) is 26.0 Å². The molecule has 0 atom stereocenters. The third-order valence-electron chi connectivity index (χ3n) is 2.91. The van der Waals surface area contributed by atoms with Crippen LogP contribution >= 0.6 is 11.8 Å². The van der Waals surface area contributed by atoms with Gasteiger partial charge < -0.3 is 0 Å². The Labute approximate surface area is 115 Å². The zero-order valence-electron chi connectivity index (χ0n) is 11.8. The second kappa shape index (κ2) is 7.59. The number of likely N-dealkylation sites (N-methyl/N-ethyl adjacent to an activating group) is 1. The molecule has 0 amide bonds. The van der Waals surface area contributed by atoms with Crippen molar-refractivity contribution in [3.05, 3.63) is 29.8 Å². The molecule has 0 aliphatic carbocycles. The van der Waals surface area contributed by atoms with Crippen LogP contribution in [-0.2, 0) is 0 Å². The number of hydrogen-bond donors (Lipinski definition) is 0. The van der Waals surface area contributed by atoms with E-state index in [1.165, 1.54) is 4.90 Å². The van der Waals surface area contributed by atoms with Crippen molar-refractivity contribution in [3.63, 3.8) is 0 Å². The highest BCUT2D eigenvalue weighted by atomic mass is 32.2. The van der Waals surface area contributed by atoms with Crippen molar-refractivity contribution in [2.45, 2.75) is 25.2 Å². The summed E-state index contributed by atoms with van der Waals surface area (Å²) in [6.07, 6.45) is 3.17. The lowest BCUT2D eigenvalue weighted by Crippen LogP contribution is -2.27. The minimum absolute atomic E-state index is 0.203. The first-order chi connectivity index (χ1) is 8.52. The number of ketones is 1. The number of nitrogens with zero attached hydrogens (tertiary/aromatic N) is 1. The normalized spacial score (nSPS) is 11.2. The second-order valence-electron chi connectivity index (χ2n) is 5.07. The van der Waals surface area contributed by atoms with Gasteiger partial charge in [0.1, 0.15) is 0 Å². The maximum Gasteiger partial charge on any atom is 0.176 e. The Hall–Kier alpha value is -0.800. The molecule has 18 heavy (non-hydrogen) atoms. The van der Waals surface area contributed by atoms with E-state index in [1.807, 2.05) is 37.6 Å². The molecule has 1 aromatic rings. The average molecular weight is 265 g/mol. The van der Waals surface area contributed by atoms with Crippen LogP contribution in [0.15, 0.2) is 29.2 Å². The summed E-state index contributed by atoms with van der Waals surface area (Å²) in [5.74, 6) is 0.886. The van der Waals surface area contributed by atoms with Crippen molar-refractivity contribution in [1.82, 2.24) is 4.90 Å². The highest BCUT2D eigenvalue weighted by molar-refractivity contribution is 7.98. The van der Waals surface area contributed by atoms with E-state index in [0.717, 1.165) is 18.5 Å². The highest BCUT2D eigenvalue weighted by Gasteiger charge is 2.09. The van der Waals surface area contributed by atoms with Crippen LogP contribution in [-0.4, -0.2) is 37.1 Å². The topological polar surface area (TPSA) is 20.3 Å². The Balaban J connectivity index is 2.48. The van der Waals surface area contributed by atoms with Crippen molar-refractivity contribution >= 4 is 17.5 Å². The lowest BCUT2D eigenvalue weighted by atomic mass is 10.1. The summed E-state index contributed by atoms with van der Waals surface area (Å²) in [7, 11) is 2.01. The van der Waals surface area contributed by atoms with Crippen molar-refractivity contribution in [1.29, 1.82) is 0 Å². The fourth-order valence-electron chi connectivity index (χ4n) is 1.67. The standard InChI is InChI=1S/C15H23NOS/c1-12(2)9-10-16(3)11-15(17)13-5-7-14(18-4)8-6-13/h5-8,12H,9-11H2,1-4H3. The fraction of sp³-hybridized carbons (Fsp3) is 0.533. The summed E-state index contributed by atoms with van der Waals surface area (Å²) < 4.78 is 0. The molecule has 0 bridgehead atoms. The molecule has 0 aliphatic rings. The van der Waals surface area contributed by atoms with Gasteiger partial charge in [-0.2, -0.15) is 0 Å². The molecule has 1 rings (SSSR count). The molecule has 3 heteroatoms. The summed E-state index contributed by atoms with van der Waals surface area (Å²) in [6, 6.07) is 7.85. The molecule has 0 saturated heterocycles. The van der Waals surface area contributed by atoms with Crippen LogP contribution in [0.3, 0.4) is 0 Å². The van der Waals surface area contributed by atoms with Gasteiger partial charge in [-0.05, 0) is 44.3 Å². The number of rotatable bonds is 7. The Morgan fingerprint density at radius 1 is 1.28 bits per heavy atom. The lowest BCUT2D eigenvalue weighted by molar-refractivity contribution is 0.0943. The van der Waals surface area contributed by atoms with Crippen LogP contribution in [0.4, 0.5) is 0 Å². The number of Topliss-reactive ketones (excluding diaryl/α,β-unsaturated/α-hetero) is 1. The van der Waals surface area contributed by atoms with E-state index in [-0.39, 0.29) is 5.78 Å². The zero-order chi connectivity index (χ0) is 13.5. The SMILES string of the molecule is CSc1ccc(C(=O)CN(C)CCC(C)C)cc1. The third kappa shape index (κ3) is 5.23. The Morgan fingerprint density at radius 2 is 1.89 bits per heavy atom. The van der Waals surface area contributed by atoms with Gasteiger partial charge in [-0.3, -0.25) is 9.69 Å². The van der Waals surface area contributed by atoms with Crippen LogP contribution in [0.25, 0.3) is 0 Å². The smallest absolute Gasteiger partial charge is 0.176 e. The van der Waals surface area contributed by atoms with Gasteiger partial charge in [-0.15, -0.1) is 11.8 Å². The number of thioether (sulfide) groups is 1. The molecule has 0 radical (unpaired) electrons. The number of carbonyl (C=O) groups is 1. The average Bonchev–Trinajstić information content (AvgIpc) is 2.36. The van der Waals surface area contributed by atoms with Gasteiger partial charge >= 0.3 is 0 Å². The van der Waals surface area contributed by atoms with Gasteiger partial charge in [0.05, 0.1) is 6.54 Å². The molecule has 0 spiro atoms. The zero-order valence-corrected chi connectivity index (χ0v) is 12.6. The summed E-state index contributed by atoms with van der Waals surface area (Å²) in [4.78, 5) is 15.3. The van der Waals surface area contributed by atoms with Crippen LogP contribution in [0.5, 0.6) is 0 Å². The van der Waals surface area contributed by atoms with E-state index in [4.69, 9.17) is 0 Å². The van der Waals surface area contributed by atoms with Crippen LogP contribution in [0.1, 0.15) is 30.6 Å². The minimum atomic E-state index is 0.203. The molecular formula is C15H23NOS. The van der Waals surface area contributed by atoms with Crippen molar-refractivity contribution in [2.75, 3.05) is 26.4 Å². The van der Waals surface area contributed by atoms with Gasteiger partial charge in [0.25, 0.3) is 0 Å². The van der Waals surface area contributed by atoms with Gasteiger partial charge in [0.2, 0.25) is 0 Å². The first-order valence-electron chi connectivity index (χ1n) is 6.38. The highest BCUT2D eigenvalue weighted by Crippen LogP contribution is 2.15. The molecule has 0 aromatic heterocycles. The summed E-state index contributed by atoms with van der Waals surface area (Å²) in [5, 5.41) is 0. The van der Waals surface area contributed by atoms with Gasteiger partial charge in [0, 0.05) is 10.5 Å². The van der Waals surface area contributed by atoms with E-state index in [9.17, 15) is 4.79 Å². The molecule has 0 aliphatic heterocycles. The fourth-order valence-corrected chi connectivity index (χ4v) is 2.08. The largest absolute Gasteiger partial charge is 0.299 e. The van der Waals surface area contributed by atoms with E-state index in [0.29, 0.717) is 12.5 Å². The molecule has 2 nitrogen and oxygen atoms in total. The Kier molecular flexibility index (Phi) is 6.44. The Bertz CT molecular complexity index is 373. The van der Waals surface area contributed by atoms with Crippen LogP contribution in [0.2, 0.25) is 0 Å². The Morgan fingerprint density at radius 3 is 2.39 bits per heavy atom. The van der Waals surface area contributed by atoms with E-state index < -0.39 is 0 Å². The first kappa shape index (κ1) is 15.3. The van der Waals surface area contributed by atoms with Crippen LogP contribution in [0, 0.1) is 5.92 Å². The summed E-state index contributed by atoms with van der Waals surface area (Å²) in [5.41, 5.74) is 0.809. The molecule has 100 valence electrons. The van der Waals surface area contributed by atoms with E-state index in [2.05, 4.69) is 18.7 Å². The minimum Gasteiger partial charge on any atom is -0.299 e. The van der Waals surface area contributed by atoms with Crippen molar-refractivity contribution in [3.8, 4) is 0 Å². The first-order valence-corrected chi connectivity index (χ1v) is 7.61. The van der Waals surface area contributed by atoms with Crippen molar-refractivity contribution in [2.24, 2.45) is 5.92 Å². The van der Waals surface area contributed by atoms with Crippen molar-refractivity contribution < 1.29 is 4.79 Å². The number of hydrogen-bond acceptors (Lipinski definition) is 3. The molecule has 0 N–H and O–H groups in total. The van der Waals surface area contributed by atoms with E-state index in [1.54, 1.807) is 11.8 Å². The van der Waals surface area contributed by atoms with Crippen LogP contribution < -0.4 is 0 Å². The number of carbonyl (C=O) groups excluding carboxylic acids is 1. The molecule has 0 fully saturated rings. The molecule has 0 saturated carbocycles. The summed E-state index contributed by atoms with van der Waals surface area (Å²) >= 11 is 1.69. The van der Waals surface area contributed by atoms with Gasteiger partial charge in [0.15, 0.2) is 5.78 Å². The third-order valence-corrected chi connectivity index (χ3v) is 3.66. The predicted octanol–water partition coefficient (Wildman–Crippen LogP) is 3.57. The number of benzene rings is 1. The predicted molar refractivity (Wildman–Crippen MR) is 79.5 cm³/mol. The molecule has 0 unspecified atom stereocenters. The summed E-state index contributed by atoms with van der Waals surface area (Å²) in [6.45, 7) is 5.89. The quantitative estimate of drug-likeness (QED) is 0.555. The maximum atomic E-state index is 12.1. The second-order valence-corrected chi connectivity index (χ2v) is 5.95. The maximum absolute atomic E-state index is 12.1. The molecule has 0 heterocycles. The molecular weight excluding hydrogens is 242 g/mol. The van der Waals surface area contributed by atoms with E-state index >= 15 is 0 Å². The molecule has 1 aromatic carbocycles. The van der Waals surface area contributed by atoms with Gasteiger partial charge in [-0.25, -0.2) is 0 Å².